The zero-order chi connectivity index (χ0) is 22.8. The van der Waals surface area contributed by atoms with Gasteiger partial charge in [-0.15, -0.1) is 11.3 Å². The highest BCUT2D eigenvalue weighted by Gasteiger charge is 2.22. The number of benzene rings is 1. The maximum Gasteiger partial charge on any atom is 0.312 e. The standard InChI is InChI=1S/C21H19FN6O3S/c1-13-20(28(30)31)14(2)27(24-13)10-15-9-18(32-12-15)21(29)23-19-7-8-26(25-19)11-16-5-3-4-6-17(16)22/h3-9,12H,10-11H2,1-2H3,(H,23,25,29). The molecule has 0 aliphatic carbocycles. The number of nitrogens with zero attached hydrogens (tertiary/aromatic N) is 5. The summed E-state index contributed by atoms with van der Waals surface area (Å²) >= 11 is 1.26. The Hall–Kier alpha value is -3.86. The average molecular weight is 454 g/mol. The van der Waals surface area contributed by atoms with Crippen molar-refractivity contribution in [3.63, 3.8) is 0 Å². The number of carbonyl (C=O) groups excluding carboxylic acids is 1. The van der Waals surface area contributed by atoms with Crippen molar-refractivity contribution in [2.24, 2.45) is 0 Å². The van der Waals surface area contributed by atoms with Gasteiger partial charge in [-0.2, -0.15) is 10.2 Å². The van der Waals surface area contributed by atoms with Crippen LogP contribution in [0.1, 0.15) is 32.2 Å². The minimum Gasteiger partial charge on any atom is -0.304 e. The van der Waals surface area contributed by atoms with Crippen LogP contribution in [-0.4, -0.2) is 30.4 Å². The number of rotatable bonds is 7. The molecule has 0 fully saturated rings. The monoisotopic (exact) mass is 454 g/mol. The van der Waals surface area contributed by atoms with Crippen LogP contribution in [-0.2, 0) is 13.1 Å². The minimum absolute atomic E-state index is 0.00386. The summed E-state index contributed by atoms with van der Waals surface area (Å²) in [6.07, 6.45) is 1.66. The van der Waals surface area contributed by atoms with Crippen LogP contribution in [0.15, 0.2) is 48.0 Å². The lowest BCUT2D eigenvalue weighted by atomic mass is 10.2. The van der Waals surface area contributed by atoms with Crippen LogP contribution in [0.4, 0.5) is 15.9 Å². The predicted molar refractivity (Wildman–Crippen MR) is 117 cm³/mol. The first kappa shape index (κ1) is 21.4. The average Bonchev–Trinajstić information content (AvgIpc) is 3.44. The Kier molecular flexibility index (Phi) is 5.82. The van der Waals surface area contributed by atoms with Crippen molar-refractivity contribution in [1.82, 2.24) is 19.6 Å². The molecular formula is C21H19FN6O3S. The second-order valence-electron chi connectivity index (χ2n) is 7.20. The highest BCUT2D eigenvalue weighted by atomic mass is 32.1. The molecule has 0 saturated heterocycles. The fraction of sp³-hybridized carbons (Fsp3) is 0.190. The van der Waals surface area contributed by atoms with Crippen molar-refractivity contribution in [3.05, 3.63) is 91.3 Å². The maximum absolute atomic E-state index is 13.8. The molecule has 0 bridgehead atoms. The molecule has 0 aliphatic heterocycles. The van der Waals surface area contributed by atoms with E-state index in [0.717, 1.165) is 5.56 Å². The molecule has 1 N–H and O–H groups in total. The molecule has 11 heteroatoms. The van der Waals surface area contributed by atoms with Crippen molar-refractivity contribution >= 4 is 28.7 Å². The Morgan fingerprint density at radius 1 is 1.22 bits per heavy atom. The molecule has 0 radical (unpaired) electrons. The number of thiophene rings is 1. The van der Waals surface area contributed by atoms with Gasteiger partial charge in [-0.25, -0.2) is 4.39 Å². The number of nitrogens with one attached hydrogen (secondary N) is 1. The van der Waals surface area contributed by atoms with Crippen LogP contribution in [0.25, 0.3) is 0 Å². The summed E-state index contributed by atoms with van der Waals surface area (Å²) in [5.41, 5.74) is 2.13. The number of aryl methyl sites for hydroxylation is 1. The fourth-order valence-corrected chi connectivity index (χ4v) is 4.15. The van der Waals surface area contributed by atoms with Crippen molar-refractivity contribution in [2.45, 2.75) is 26.9 Å². The van der Waals surface area contributed by atoms with E-state index < -0.39 is 4.92 Å². The van der Waals surface area contributed by atoms with E-state index >= 15 is 0 Å². The van der Waals surface area contributed by atoms with Crippen LogP contribution < -0.4 is 5.32 Å². The lowest BCUT2D eigenvalue weighted by Crippen LogP contribution is -2.11. The second-order valence-corrected chi connectivity index (χ2v) is 8.11. The largest absolute Gasteiger partial charge is 0.312 e. The van der Waals surface area contributed by atoms with E-state index in [2.05, 4.69) is 15.5 Å². The maximum atomic E-state index is 13.8. The molecular weight excluding hydrogens is 435 g/mol. The first-order valence-electron chi connectivity index (χ1n) is 9.66. The van der Waals surface area contributed by atoms with E-state index in [1.165, 1.54) is 17.4 Å². The van der Waals surface area contributed by atoms with Crippen LogP contribution >= 0.6 is 11.3 Å². The number of amides is 1. The van der Waals surface area contributed by atoms with E-state index in [4.69, 9.17) is 0 Å². The van der Waals surface area contributed by atoms with E-state index in [1.807, 2.05) is 5.38 Å². The Morgan fingerprint density at radius 3 is 2.72 bits per heavy atom. The first-order chi connectivity index (χ1) is 15.3. The van der Waals surface area contributed by atoms with Crippen molar-refractivity contribution in [3.8, 4) is 0 Å². The highest BCUT2D eigenvalue weighted by Crippen LogP contribution is 2.24. The van der Waals surface area contributed by atoms with Gasteiger partial charge in [0.15, 0.2) is 5.82 Å². The van der Waals surface area contributed by atoms with Gasteiger partial charge in [-0.1, -0.05) is 18.2 Å². The van der Waals surface area contributed by atoms with E-state index in [9.17, 15) is 19.3 Å². The van der Waals surface area contributed by atoms with E-state index in [1.54, 1.807) is 59.7 Å². The van der Waals surface area contributed by atoms with E-state index in [0.29, 0.717) is 34.2 Å². The molecule has 0 unspecified atom stereocenters. The van der Waals surface area contributed by atoms with Crippen molar-refractivity contribution in [2.75, 3.05) is 5.32 Å². The summed E-state index contributed by atoms with van der Waals surface area (Å²) in [4.78, 5) is 23.8. The van der Waals surface area contributed by atoms with Crippen LogP contribution in [0.3, 0.4) is 0 Å². The molecule has 4 aromatic rings. The summed E-state index contributed by atoms with van der Waals surface area (Å²) in [6, 6.07) is 9.81. The number of nitro groups is 1. The van der Waals surface area contributed by atoms with Gasteiger partial charge in [0.25, 0.3) is 5.91 Å². The Balaban J connectivity index is 1.42. The highest BCUT2D eigenvalue weighted by molar-refractivity contribution is 7.12. The number of aromatic nitrogens is 4. The third-order valence-electron chi connectivity index (χ3n) is 4.91. The van der Waals surface area contributed by atoms with Gasteiger partial charge in [0, 0.05) is 17.8 Å². The molecule has 1 aromatic carbocycles. The molecule has 9 nitrogen and oxygen atoms in total. The zero-order valence-electron chi connectivity index (χ0n) is 17.3. The van der Waals surface area contributed by atoms with Crippen LogP contribution in [0, 0.1) is 29.8 Å². The molecule has 1 amide bonds. The number of anilines is 1. The third-order valence-corrected chi connectivity index (χ3v) is 5.89. The quantitative estimate of drug-likeness (QED) is 0.333. The van der Waals surface area contributed by atoms with Gasteiger partial charge in [0.2, 0.25) is 0 Å². The SMILES string of the molecule is Cc1nn(Cc2csc(C(=O)Nc3ccn(Cc4ccccc4F)n3)c2)c(C)c1[N+](=O)[O-]. The molecule has 0 atom stereocenters. The smallest absolute Gasteiger partial charge is 0.304 e. The van der Waals surface area contributed by atoms with Gasteiger partial charge < -0.3 is 5.32 Å². The Bertz CT molecular complexity index is 1310. The number of hydrogen-bond acceptors (Lipinski definition) is 6. The van der Waals surface area contributed by atoms with Gasteiger partial charge in [-0.3, -0.25) is 24.3 Å². The van der Waals surface area contributed by atoms with Gasteiger partial charge in [0.1, 0.15) is 17.2 Å². The predicted octanol–water partition coefficient (Wildman–Crippen LogP) is 4.15. The zero-order valence-corrected chi connectivity index (χ0v) is 18.1. The molecule has 3 aromatic heterocycles. The lowest BCUT2D eigenvalue weighted by molar-refractivity contribution is -0.386. The Labute approximate surface area is 186 Å². The topological polar surface area (TPSA) is 108 Å². The first-order valence-corrected chi connectivity index (χ1v) is 10.5. The lowest BCUT2D eigenvalue weighted by Gasteiger charge is -2.03. The number of hydrogen-bond donors (Lipinski definition) is 1. The molecule has 164 valence electrons. The molecule has 4 rings (SSSR count). The third kappa shape index (κ3) is 4.42. The summed E-state index contributed by atoms with van der Waals surface area (Å²) in [5.74, 6) is -0.278. The Morgan fingerprint density at radius 2 is 2.00 bits per heavy atom. The minimum atomic E-state index is -0.439. The molecule has 3 heterocycles. The molecule has 0 spiro atoms. The molecule has 32 heavy (non-hydrogen) atoms. The second kappa shape index (κ2) is 8.71. The van der Waals surface area contributed by atoms with Crippen LogP contribution in [0.2, 0.25) is 0 Å². The summed E-state index contributed by atoms with van der Waals surface area (Å²) in [5, 5.41) is 24.2. The number of carbonyl (C=O) groups is 1. The van der Waals surface area contributed by atoms with Crippen LogP contribution in [0.5, 0.6) is 0 Å². The van der Waals surface area contributed by atoms with Crippen molar-refractivity contribution in [1.29, 1.82) is 0 Å². The summed E-state index contributed by atoms with van der Waals surface area (Å²) in [6.45, 7) is 3.82. The number of halogens is 1. The van der Waals surface area contributed by atoms with Gasteiger partial charge in [0.05, 0.1) is 22.9 Å². The van der Waals surface area contributed by atoms with Gasteiger partial charge >= 0.3 is 5.69 Å². The molecule has 0 aliphatic rings. The van der Waals surface area contributed by atoms with Crippen molar-refractivity contribution < 1.29 is 14.1 Å². The normalized spacial score (nSPS) is 11.0. The fourth-order valence-electron chi connectivity index (χ4n) is 3.35. The summed E-state index contributed by atoms with van der Waals surface area (Å²) < 4.78 is 16.9. The van der Waals surface area contributed by atoms with Gasteiger partial charge in [-0.05, 0) is 36.9 Å². The molecule has 0 saturated carbocycles. The van der Waals surface area contributed by atoms with E-state index in [-0.39, 0.29) is 24.0 Å². The summed E-state index contributed by atoms with van der Waals surface area (Å²) in [7, 11) is 0.